The summed E-state index contributed by atoms with van der Waals surface area (Å²) >= 11 is 1.53. The van der Waals surface area contributed by atoms with Crippen LogP contribution in [-0.2, 0) is 4.79 Å². The lowest BCUT2D eigenvalue weighted by Crippen LogP contribution is -2.33. The average Bonchev–Trinajstić information content (AvgIpc) is 2.28. The van der Waals surface area contributed by atoms with Crippen LogP contribution in [0.25, 0.3) is 0 Å². The number of hydrogen-bond acceptors (Lipinski definition) is 3. The van der Waals surface area contributed by atoms with E-state index >= 15 is 0 Å². The Labute approximate surface area is 107 Å². The first-order chi connectivity index (χ1) is 8.11. The Morgan fingerprint density at radius 3 is 2.65 bits per heavy atom. The van der Waals surface area contributed by atoms with Gasteiger partial charge in [0.15, 0.2) is 0 Å². The summed E-state index contributed by atoms with van der Waals surface area (Å²) in [4.78, 5) is 12.7. The van der Waals surface area contributed by atoms with Crippen molar-refractivity contribution in [1.82, 2.24) is 5.32 Å². The van der Waals surface area contributed by atoms with Crippen LogP contribution < -0.4 is 11.1 Å². The molecule has 1 atom stereocenters. The van der Waals surface area contributed by atoms with Gasteiger partial charge < -0.3 is 11.1 Å². The summed E-state index contributed by atoms with van der Waals surface area (Å²) in [7, 11) is 0. The Kier molecular flexibility index (Phi) is 5.91. The van der Waals surface area contributed by atoms with Crippen LogP contribution in [0.1, 0.15) is 26.7 Å². The second-order valence-corrected chi connectivity index (χ2v) is 5.16. The zero-order valence-corrected chi connectivity index (χ0v) is 11.2. The molecule has 1 aromatic carbocycles. The molecule has 1 rings (SSSR count). The van der Waals surface area contributed by atoms with Gasteiger partial charge in [0.05, 0.1) is 5.75 Å². The number of rotatable bonds is 6. The summed E-state index contributed by atoms with van der Waals surface area (Å²) in [6.45, 7) is 4.15. The van der Waals surface area contributed by atoms with Crippen molar-refractivity contribution in [2.75, 3.05) is 11.5 Å². The van der Waals surface area contributed by atoms with E-state index in [-0.39, 0.29) is 11.9 Å². The SMILES string of the molecule is CCCC(C)NC(=O)CSc1ccc(N)cc1. The summed E-state index contributed by atoms with van der Waals surface area (Å²) in [6, 6.07) is 7.82. The monoisotopic (exact) mass is 252 g/mol. The Hall–Kier alpha value is -1.16. The molecule has 0 radical (unpaired) electrons. The number of nitrogens with two attached hydrogens (primary N) is 1. The highest BCUT2D eigenvalue weighted by Gasteiger charge is 2.06. The minimum atomic E-state index is 0.0905. The van der Waals surface area contributed by atoms with E-state index in [1.165, 1.54) is 11.8 Å². The van der Waals surface area contributed by atoms with Gasteiger partial charge in [0.1, 0.15) is 0 Å². The zero-order valence-electron chi connectivity index (χ0n) is 10.4. The molecule has 3 nitrogen and oxygen atoms in total. The smallest absolute Gasteiger partial charge is 0.230 e. The molecular weight excluding hydrogens is 232 g/mol. The Balaban J connectivity index is 2.30. The fourth-order valence-corrected chi connectivity index (χ4v) is 2.24. The summed E-state index contributed by atoms with van der Waals surface area (Å²) in [5, 5.41) is 2.98. The molecule has 0 spiro atoms. The van der Waals surface area contributed by atoms with Gasteiger partial charge >= 0.3 is 0 Å². The van der Waals surface area contributed by atoms with Gasteiger partial charge in [0.25, 0.3) is 0 Å². The number of nitrogens with one attached hydrogen (secondary N) is 1. The normalized spacial score (nSPS) is 12.1. The third kappa shape index (κ3) is 5.63. The van der Waals surface area contributed by atoms with E-state index in [1.54, 1.807) is 0 Å². The number of thioether (sulfide) groups is 1. The van der Waals surface area contributed by atoms with Gasteiger partial charge in [-0.1, -0.05) is 13.3 Å². The van der Waals surface area contributed by atoms with E-state index in [2.05, 4.69) is 12.2 Å². The fourth-order valence-electron chi connectivity index (χ4n) is 1.53. The lowest BCUT2D eigenvalue weighted by Gasteiger charge is -2.12. The van der Waals surface area contributed by atoms with E-state index in [4.69, 9.17) is 5.73 Å². The summed E-state index contributed by atoms with van der Waals surface area (Å²) in [5.74, 6) is 0.547. The third-order valence-electron chi connectivity index (χ3n) is 2.38. The van der Waals surface area contributed by atoms with Crippen molar-refractivity contribution in [2.24, 2.45) is 0 Å². The maximum Gasteiger partial charge on any atom is 0.230 e. The molecule has 17 heavy (non-hydrogen) atoms. The van der Waals surface area contributed by atoms with Crippen LogP contribution in [0.4, 0.5) is 5.69 Å². The predicted molar refractivity (Wildman–Crippen MR) is 74.1 cm³/mol. The quantitative estimate of drug-likeness (QED) is 0.604. The van der Waals surface area contributed by atoms with Crippen molar-refractivity contribution in [1.29, 1.82) is 0 Å². The molecule has 1 aromatic rings. The van der Waals surface area contributed by atoms with Crippen LogP contribution in [0.2, 0.25) is 0 Å². The second kappa shape index (κ2) is 7.22. The maximum absolute atomic E-state index is 11.6. The molecule has 0 fully saturated rings. The van der Waals surface area contributed by atoms with Gasteiger partial charge in [-0.05, 0) is 37.6 Å². The van der Waals surface area contributed by atoms with Crippen molar-refractivity contribution in [3.05, 3.63) is 24.3 Å². The Morgan fingerprint density at radius 2 is 2.06 bits per heavy atom. The van der Waals surface area contributed by atoms with Crippen LogP contribution in [0.3, 0.4) is 0 Å². The highest BCUT2D eigenvalue weighted by Crippen LogP contribution is 2.18. The predicted octanol–water partition coefficient (Wildman–Crippen LogP) is 2.67. The first kappa shape index (κ1) is 13.9. The largest absolute Gasteiger partial charge is 0.399 e. The number of anilines is 1. The molecule has 0 heterocycles. The molecule has 0 aliphatic heterocycles. The third-order valence-corrected chi connectivity index (χ3v) is 3.39. The van der Waals surface area contributed by atoms with Crippen molar-refractivity contribution in [3.8, 4) is 0 Å². The first-order valence-electron chi connectivity index (χ1n) is 5.89. The van der Waals surface area contributed by atoms with Gasteiger partial charge in [0, 0.05) is 16.6 Å². The van der Waals surface area contributed by atoms with Crippen LogP contribution >= 0.6 is 11.8 Å². The topological polar surface area (TPSA) is 55.1 Å². The molecule has 0 aliphatic carbocycles. The number of benzene rings is 1. The number of carbonyl (C=O) groups is 1. The van der Waals surface area contributed by atoms with Gasteiger partial charge in [-0.2, -0.15) is 0 Å². The van der Waals surface area contributed by atoms with Gasteiger partial charge in [-0.25, -0.2) is 0 Å². The molecule has 0 aliphatic rings. The number of hydrogen-bond donors (Lipinski definition) is 2. The van der Waals surface area contributed by atoms with E-state index < -0.39 is 0 Å². The number of amides is 1. The standard InChI is InChI=1S/C13H20N2OS/c1-3-4-10(2)15-13(16)9-17-12-7-5-11(14)6-8-12/h5-8,10H,3-4,9,14H2,1-2H3,(H,15,16). The summed E-state index contributed by atoms with van der Waals surface area (Å²) < 4.78 is 0. The van der Waals surface area contributed by atoms with Crippen LogP contribution in [0.15, 0.2) is 29.2 Å². The fraction of sp³-hybridized carbons (Fsp3) is 0.462. The van der Waals surface area contributed by atoms with Crippen molar-refractivity contribution in [3.63, 3.8) is 0 Å². The van der Waals surface area contributed by atoms with Gasteiger partial charge in [-0.15, -0.1) is 11.8 Å². The molecule has 0 saturated heterocycles. The zero-order chi connectivity index (χ0) is 12.7. The van der Waals surface area contributed by atoms with Gasteiger partial charge in [0.2, 0.25) is 5.91 Å². The lowest BCUT2D eigenvalue weighted by atomic mass is 10.2. The molecule has 1 amide bonds. The van der Waals surface area contributed by atoms with Crippen LogP contribution in [0, 0.1) is 0 Å². The Bertz CT molecular complexity index is 351. The lowest BCUT2D eigenvalue weighted by molar-refractivity contribution is -0.119. The highest BCUT2D eigenvalue weighted by atomic mass is 32.2. The van der Waals surface area contributed by atoms with E-state index in [0.29, 0.717) is 5.75 Å². The Morgan fingerprint density at radius 1 is 1.41 bits per heavy atom. The molecule has 94 valence electrons. The molecule has 3 N–H and O–H groups in total. The van der Waals surface area contributed by atoms with E-state index in [9.17, 15) is 4.79 Å². The molecule has 0 aromatic heterocycles. The molecule has 4 heteroatoms. The number of carbonyl (C=O) groups excluding carboxylic acids is 1. The van der Waals surface area contributed by atoms with Crippen LogP contribution in [0.5, 0.6) is 0 Å². The summed E-state index contributed by atoms with van der Waals surface area (Å²) in [5.41, 5.74) is 6.34. The second-order valence-electron chi connectivity index (χ2n) is 4.11. The van der Waals surface area contributed by atoms with E-state index in [0.717, 1.165) is 23.4 Å². The molecule has 0 bridgehead atoms. The highest BCUT2D eigenvalue weighted by molar-refractivity contribution is 8.00. The van der Waals surface area contributed by atoms with Gasteiger partial charge in [-0.3, -0.25) is 4.79 Å². The van der Waals surface area contributed by atoms with Crippen molar-refractivity contribution in [2.45, 2.75) is 37.6 Å². The maximum atomic E-state index is 11.6. The molecule has 0 saturated carbocycles. The van der Waals surface area contributed by atoms with Crippen LogP contribution in [-0.4, -0.2) is 17.7 Å². The molecular formula is C13H20N2OS. The molecule has 1 unspecified atom stereocenters. The summed E-state index contributed by atoms with van der Waals surface area (Å²) in [6.07, 6.45) is 2.12. The van der Waals surface area contributed by atoms with Crippen molar-refractivity contribution < 1.29 is 4.79 Å². The number of nitrogen functional groups attached to an aromatic ring is 1. The average molecular weight is 252 g/mol. The van der Waals surface area contributed by atoms with E-state index in [1.807, 2.05) is 31.2 Å². The minimum absolute atomic E-state index is 0.0905. The van der Waals surface area contributed by atoms with Crippen molar-refractivity contribution >= 4 is 23.4 Å². The minimum Gasteiger partial charge on any atom is -0.399 e. The first-order valence-corrected chi connectivity index (χ1v) is 6.88.